The Morgan fingerprint density at radius 2 is 0.984 bits per heavy atom. The minimum absolute atomic E-state index is 0.0588. The van der Waals surface area contributed by atoms with Crippen molar-refractivity contribution in [3.63, 3.8) is 0 Å². The summed E-state index contributed by atoms with van der Waals surface area (Å²) in [6, 6.07) is 20.4. The van der Waals surface area contributed by atoms with Crippen LogP contribution in [-0.4, -0.2) is 105 Å². The average molecular weight is 914 g/mol. The lowest BCUT2D eigenvalue weighted by atomic mass is 10.00. The van der Waals surface area contributed by atoms with Crippen molar-refractivity contribution in [2.24, 2.45) is 0 Å². The summed E-state index contributed by atoms with van der Waals surface area (Å²) in [5.74, 6) is 0. The molecule has 16 nitrogen and oxygen atoms in total. The third-order valence-corrected chi connectivity index (χ3v) is 10.1. The largest absolute Gasteiger partial charge is 0.444 e. The van der Waals surface area contributed by atoms with E-state index in [-0.39, 0.29) is 4.90 Å². The van der Waals surface area contributed by atoms with Gasteiger partial charge in [-0.05, 0) is 85.8 Å². The van der Waals surface area contributed by atoms with Gasteiger partial charge in [0, 0.05) is 6.54 Å². The number of ether oxygens (including phenoxy) is 2. The number of nitrogens with zero attached hydrogens (tertiary/aromatic N) is 1. The maximum atomic E-state index is 12.7. The summed E-state index contributed by atoms with van der Waals surface area (Å²) < 4.78 is 94.2. The van der Waals surface area contributed by atoms with Crippen LogP contribution in [0.15, 0.2) is 89.8 Å². The van der Waals surface area contributed by atoms with E-state index in [1.165, 1.54) is 18.6 Å². The molecule has 3 aromatic carbocycles. The average Bonchev–Trinajstić information content (AvgIpc) is 3.10. The lowest BCUT2D eigenvalue weighted by Gasteiger charge is -2.31. The van der Waals surface area contributed by atoms with E-state index in [9.17, 15) is 34.8 Å². The van der Waals surface area contributed by atoms with Gasteiger partial charge in [0.05, 0.1) is 48.2 Å². The normalized spacial score (nSPS) is 14.1. The summed E-state index contributed by atoms with van der Waals surface area (Å²) in [6.07, 6.45) is 1.89. The van der Waals surface area contributed by atoms with Gasteiger partial charge in [0.1, 0.15) is 11.2 Å². The zero-order valence-electron chi connectivity index (χ0n) is 37.7. The van der Waals surface area contributed by atoms with Gasteiger partial charge in [0.15, 0.2) is 0 Å². The number of hydrogen-bond donors (Lipinski definition) is 4. The number of aryl methyl sites for hydroxylation is 1. The third kappa shape index (κ3) is 24.2. The number of hydrogen-bond acceptors (Lipinski definition) is 12. The summed E-state index contributed by atoms with van der Waals surface area (Å²) in [5, 5.41) is 5.35. The summed E-state index contributed by atoms with van der Waals surface area (Å²) in [6.45, 7) is 16.3. The summed E-state index contributed by atoms with van der Waals surface area (Å²) in [7, 11) is -7.69. The molecule has 4 N–H and O–H groups in total. The van der Waals surface area contributed by atoms with Crippen molar-refractivity contribution in [1.82, 2.24) is 25.0 Å². The molecule has 0 aliphatic heterocycles. The van der Waals surface area contributed by atoms with E-state index in [4.69, 9.17) is 13.7 Å². The highest BCUT2D eigenvalue weighted by atomic mass is 32.2. The second kappa shape index (κ2) is 24.5. The van der Waals surface area contributed by atoms with Crippen LogP contribution in [0.3, 0.4) is 0 Å². The minimum Gasteiger partial charge on any atom is -0.444 e. The predicted octanol–water partition coefficient (Wildman–Crippen LogP) is 6.03. The van der Waals surface area contributed by atoms with E-state index in [2.05, 4.69) is 33.9 Å². The number of carbonyl (C=O) groups is 2. The van der Waals surface area contributed by atoms with Crippen LogP contribution in [0.2, 0.25) is 0 Å². The molecule has 0 saturated carbocycles. The molecule has 0 bridgehead atoms. The Morgan fingerprint density at radius 3 is 1.33 bits per heavy atom. The van der Waals surface area contributed by atoms with Gasteiger partial charge >= 0.3 is 12.2 Å². The van der Waals surface area contributed by atoms with Gasteiger partial charge in [-0.15, -0.1) is 0 Å². The molecule has 344 valence electrons. The topological polar surface area (TPSA) is 216 Å². The number of sulfonamides is 2. The van der Waals surface area contributed by atoms with Crippen LogP contribution < -0.4 is 20.1 Å². The molecule has 0 aliphatic carbocycles. The second-order valence-corrected chi connectivity index (χ2v) is 21.8. The van der Waals surface area contributed by atoms with Crippen LogP contribution in [-0.2, 0) is 43.8 Å². The van der Waals surface area contributed by atoms with Crippen molar-refractivity contribution in [3.8, 4) is 0 Å². The Balaban J connectivity index is 0.000000593. The SMILES string of the molecule is CCC.CN(C)C[C@@H](NC(=O)OC(C)(C)C)[C@@H](NS(C)(=O)=O)c1ccccc1.Cc1ccc(S(=O)(=O)OC[C@@H](NC(=O)OC(C)(C)C)[C@@H](NS(C)(=O)=O)c2ccccc2)cc1. The first-order valence-electron chi connectivity index (χ1n) is 19.6. The van der Waals surface area contributed by atoms with Crippen LogP contribution >= 0.6 is 0 Å². The number of benzene rings is 3. The number of alkyl carbamates (subject to hydrolysis) is 2. The fraction of sp³-hybridized carbons (Fsp3) is 0.524. The van der Waals surface area contributed by atoms with Crippen molar-refractivity contribution in [2.75, 3.05) is 39.8 Å². The molecule has 4 atom stereocenters. The molecule has 0 radical (unpaired) electrons. The van der Waals surface area contributed by atoms with Gasteiger partial charge in [0.25, 0.3) is 10.1 Å². The minimum atomic E-state index is -4.17. The summed E-state index contributed by atoms with van der Waals surface area (Å²) in [4.78, 5) is 26.5. The molecule has 3 rings (SSSR count). The van der Waals surface area contributed by atoms with E-state index in [1.807, 2.05) is 56.3 Å². The summed E-state index contributed by atoms with van der Waals surface area (Å²) in [5.41, 5.74) is 0.672. The molecule has 0 unspecified atom stereocenters. The predicted molar refractivity (Wildman–Crippen MR) is 239 cm³/mol. The lowest BCUT2D eigenvalue weighted by Crippen LogP contribution is -2.51. The molecule has 0 aromatic heterocycles. The quantitative estimate of drug-likeness (QED) is 0.121. The highest BCUT2D eigenvalue weighted by Gasteiger charge is 2.32. The molecule has 3 aromatic rings. The highest BCUT2D eigenvalue weighted by molar-refractivity contribution is 7.89. The molecule has 0 heterocycles. The monoisotopic (exact) mass is 913 g/mol. The van der Waals surface area contributed by atoms with Crippen LogP contribution in [0.25, 0.3) is 0 Å². The Labute approximate surface area is 364 Å². The van der Waals surface area contributed by atoms with Crippen molar-refractivity contribution >= 4 is 42.4 Å². The van der Waals surface area contributed by atoms with Crippen molar-refractivity contribution in [2.45, 2.75) is 109 Å². The zero-order valence-corrected chi connectivity index (χ0v) is 40.1. The molecule has 0 aliphatic rings. The fourth-order valence-electron chi connectivity index (χ4n) is 5.25. The number of likely N-dealkylation sites (N-methyl/N-ethyl adjacent to an activating group) is 1. The Morgan fingerprint density at radius 1 is 0.623 bits per heavy atom. The van der Waals surface area contributed by atoms with Crippen LogP contribution in [0, 0.1) is 6.92 Å². The maximum absolute atomic E-state index is 12.7. The molecule has 0 spiro atoms. The second-order valence-electron chi connectivity index (χ2n) is 16.6. The first-order chi connectivity index (χ1) is 27.9. The van der Waals surface area contributed by atoms with Gasteiger partial charge in [-0.1, -0.05) is 98.6 Å². The van der Waals surface area contributed by atoms with E-state index < -0.39 is 84.3 Å². The van der Waals surface area contributed by atoms with E-state index >= 15 is 0 Å². The Hall–Kier alpha value is -4.11. The first kappa shape index (κ1) is 54.9. The van der Waals surface area contributed by atoms with Crippen LogP contribution in [0.1, 0.15) is 90.6 Å². The van der Waals surface area contributed by atoms with Crippen LogP contribution in [0.4, 0.5) is 9.59 Å². The Bertz CT molecular complexity index is 2110. The first-order valence-corrected chi connectivity index (χ1v) is 24.8. The van der Waals surface area contributed by atoms with Gasteiger partial charge in [-0.2, -0.15) is 8.42 Å². The third-order valence-electron chi connectivity index (χ3n) is 7.48. The Kier molecular flexibility index (Phi) is 22.1. The number of rotatable bonds is 16. The highest BCUT2D eigenvalue weighted by Crippen LogP contribution is 2.23. The molecular weight excluding hydrogens is 847 g/mol. The number of carbonyl (C=O) groups excluding carboxylic acids is 2. The summed E-state index contributed by atoms with van der Waals surface area (Å²) >= 11 is 0. The molecule has 2 amide bonds. The van der Waals surface area contributed by atoms with Crippen molar-refractivity contribution in [3.05, 3.63) is 102 Å². The molecule has 0 saturated heterocycles. The van der Waals surface area contributed by atoms with Crippen molar-refractivity contribution < 1.29 is 48.5 Å². The van der Waals surface area contributed by atoms with Gasteiger partial charge in [-0.25, -0.2) is 35.9 Å². The number of amides is 2. The maximum Gasteiger partial charge on any atom is 0.408 e. The smallest absolute Gasteiger partial charge is 0.408 e. The van der Waals surface area contributed by atoms with Gasteiger partial charge in [0.2, 0.25) is 20.0 Å². The lowest BCUT2D eigenvalue weighted by molar-refractivity contribution is 0.0468. The van der Waals surface area contributed by atoms with E-state index in [0.717, 1.165) is 23.6 Å². The van der Waals surface area contributed by atoms with Gasteiger partial charge < -0.3 is 25.0 Å². The number of nitrogens with one attached hydrogen (secondary N) is 4. The van der Waals surface area contributed by atoms with Crippen molar-refractivity contribution in [1.29, 1.82) is 0 Å². The molecule has 19 heteroatoms. The molecular formula is C42H67N5O11S3. The van der Waals surface area contributed by atoms with E-state index in [1.54, 1.807) is 84.0 Å². The van der Waals surface area contributed by atoms with Crippen LogP contribution in [0.5, 0.6) is 0 Å². The van der Waals surface area contributed by atoms with E-state index in [0.29, 0.717) is 12.1 Å². The van der Waals surface area contributed by atoms with Gasteiger partial charge in [-0.3, -0.25) is 4.18 Å². The molecule has 0 fully saturated rings. The standard InChI is InChI=1S/C22H30N2O7S2.C17H29N3O4S.C3H8/c1-16-11-13-18(14-12-16)33(28,29)30-15-19(23-21(25)31-22(2,3)4)20(24-32(5,26)27)17-9-7-6-8-10-17;1-17(2,3)24-16(21)18-14(12-20(4)5)15(19-25(6,22)23)13-10-8-7-9-11-13;1-3-2/h6-14,19-20,24H,15H2,1-5H3,(H,23,25);7-11,14-15,19H,12H2,1-6H3,(H,18,21);3H2,1-2H3/t19-,20+;14-,15+;/m11./s1. The fourth-order valence-corrected chi connectivity index (χ4v) is 7.70. The zero-order chi connectivity index (χ0) is 46.8. The molecule has 61 heavy (non-hydrogen) atoms.